The first kappa shape index (κ1) is 26.4. The smallest absolute Gasteiger partial charge is 0.417 e. The molecular weight excluding hydrogens is 556 g/mol. The molecule has 2 saturated heterocycles. The van der Waals surface area contributed by atoms with Crippen molar-refractivity contribution in [3.05, 3.63) is 82.3 Å². The molecule has 0 saturated carbocycles. The minimum Gasteiger partial charge on any atom is -0.435 e. The Morgan fingerprint density at radius 1 is 0.921 bits per heavy atom. The molecule has 0 radical (unpaired) electrons. The van der Waals surface area contributed by atoms with E-state index < -0.39 is 36.1 Å². The zero-order valence-corrected chi connectivity index (χ0v) is 22.4. The maximum Gasteiger partial charge on any atom is 0.417 e. The van der Waals surface area contributed by atoms with Crippen molar-refractivity contribution >= 4 is 34.0 Å². The van der Waals surface area contributed by atoms with Crippen LogP contribution in [0.5, 0.6) is 0 Å². The molecule has 1 spiro atoms. The molecule has 1 amide bonds. The highest BCUT2D eigenvalue weighted by atomic mass is 79.9. The molecule has 200 valence electrons. The molecule has 2 aromatic rings. The van der Waals surface area contributed by atoms with Crippen molar-refractivity contribution in [2.75, 3.05) is 32.8 Å². The van der Waals surface area contributed by atoms with Crippen LogP contribution in [-0.4, -0.2) is 72.7 Å². The highest BCUT2D eigenvalue weighted by Crippen LogP contribution is 2.44. The average molecular weight is 585 g/mol. The van der Waals surface area contributed by atoms with Crippen LogP contribution < -0.4 is 0 Å². The summed E-state index contributed by atoms with van der Waals surface area (Å²) in [5.41, 5.74) is 1.61. The molecule has 0 aliphatic carbocycles. The molecule has 5 rings (SSSR count). The number of esters is 2. The van der Waals surface area contributed by atoms with Crippen LogP contribution in [0.25, 0.3) is 0 Å². The van der Waals surface area contributed by atoms with Crippen LogP contribution in [0.15, 0.2) is 71.2 Å². The standard InChI is InChI=1S/C28H29BrN2O7/c29-22-10-5-4-9-21(22)19-24-28(37-25(32)11-12-26(33)38-28)31(27(34)36-24)23(20-7-2-1-3-8-20)13-15-30-14-6-17-35-18-16-30/h1-5,7-12,23-24H,6,13-19H2. The molecule has 9 nitrogen and oxygen atoms in total. The van der Waals surface area contributed by atoms with Gasteiger partial charge in [0.05, 0.1) is 12.6 Å². The molecule has 3 heterocycles. The molecule has 2 atom stereocenters. The van der Waals surface area contributed by atoms with Crippen LogP contribution >= 0.6 is 15.9 Å². The molecule has 38 heavy (non-hydrogen) atoms. The van der Waals surface area contributed by atoms with Gasteiger partial charge >= 0.3 is 23.9 Å². The van der Waals surface area contributed by atoms with Gasteiger partial charge in [-0.3, -0.25) is 0 Å². The molecule has 0 bridgehead atoms. The van der Waals surface area contributed by atoms with E-state index in [9.17, 15) is 14.4 Å². The van der Waals surface area contributed by atoms with Gasteiger partial charge in [0, 0.05) is 49.3 Å². The van der Waals surface area contributed by atoms with E-state index in [1.54, 1.807) is 0 Å². The molecule has 2 fully saturated rings. The number of nitrogens with zero attached hydrogens (tertiary/aromatic N) is 2. The summed E-state index contributed by atoms with van der Waals surface area (Å²) in [6.07, 6.45) is 1.74. The number of cyclic esters (lactones) is 1. The third kappa shape index (κ3) is 5.62. The van der Waals surface area contributed by atoms with E-state index in [-0.39, 0.29) is 6.42 Å². The van der Waals surface area contributed by atoms with E-state index >= 15 is 0 Å². The van der Waals surface area contributed by atoms with Crippen molar-refractivity contribution in [2.45, 2.75) is 37.3 Å². The largest absolute Gasteiger partial charge is 0.435 e. The summed E-state index contributed by atoms with van der Waals surface area (Å²) >= 11 is 3.53. The first-order valence-corrected chi connectivity index (χ1v) is 13.5. The Bertz CT molecular complexity index is 1180. The molecule has 3 aliphatic rings. The predicted octanol–water partition coefficient (Wildman–Crippen LogP) is 3.98. The van der Waals surface area contributed by atoms with E-state index in [4.69, 9.17) is 18.9 Å². The van der Waals surface area contributed by atoms with Gasteiger partial charge in [-0.15, -0.1) is 0 Å². The van der Waals surface area contributed by atoms with Gasteiger partial charge in [-0.1, -0.05) is 64.5 Å². The number of hydrogen-bond donors (Lipinski definition) is 0. The first-order chi connectivity index (χ1) is 18.5. The van der Waals surface area contributed by atoms with Crippen molar-refractivity contribution < 1.29 is 33.3 Å². The normalized spacial score (nSPS) is 22.4. The van der Waals surface area contributed by atoms with Gasteiger partial charge in [0.1, 0.15) is 0 Å². The lowest BCUT2D eigenvalue weighted by Crippen LogP contribution is -2.58. The summed E-state index contributed by atoms with van der Waals surface area (Å²) in [5, 5.41) is 0. The van der Waals surface area contributed by atoms with Gasteiger partial charge in [0.25, 0.3) is 0 Å². The molecule has 10 heteroatoms. The van der Waals surface area contributed by atoms with Gasteiger partial charge in [-0.05, 0) is 30.0 Å². The second kappa shape index (κ2) is 11.7. The first-order valence-electron chi connectivity index (χ1n) is 12.7. The van der Waals surface area contributed by atoms with Crippen molar-refractivity contribution in [2.24, 2.45) is 0 Å². The highest BCUT2D eigenvalue weighted by molar-refractivity contribution is 9.10. The van der Waals surface area contributed by atoms with E-state index in [2.05, 4.69) is 20.8 Å². The number of benzene rings is 2. The van der Waals surface area contributed by atoms with Crippen LogP contribution in [0.4, 0.5) is 4.79 Å². The Morgan fingerprint density at radius 3 is 2.37 bits per heavy atom. The summed E-state index contributed by atoms with van der Waals surface area (Å²) < 4.78 is 23.9. The Morgan fingerprint density at radius 2 is 1.63 bits per heavy atom. The molecule has 0 aromatic heterocycles. The minimum atomic E-state index is -2.09. The predicted molar refractivity (Wildman–Crippen MR) is 140 cm³/mol. The maximum atomic E-state index is 13.6. The van der Waals surface area contributed by atoms with Crippen LogP contribution in [0.1, 0.15) is 30.0 Å². The quantitative estimate of drug-likeness (QED) is 0.451. The zero-order valence-electron chi connectivity index (χ0n) is 20.8. The monoisotopic (exact) mass is 584 g/mol. The van der Waals surface area contributed by atoms with Gasteiger partial charge < -0.3 is 23.8 Å². The van der Waals surface area contributed by atoms with Crippen LogP contribution in [0.2, 0.25) is 0 Å². The van der Waals surface area contributed by atoms with E-state index in [1.165, 1.54) is 4.90 Å². The molecule has 2 unspecified atom stereocenters. The number of halogens is 1. The molecular formula is C28H29BrN2O7. The van der Waals surface area contributed by atoms with E-state index in [0.717, 1.165) is 53.9 Å². The fraction of sp³-hybridized carbons (Fsp3) is 0.393. The van der Waals surface area contributed by atoms with E-state index in [1.807, 2.05) is 54.6 Å². The second-order valence-electron chi connectivity index (χ2n) is 9.37. The molecule has 2 aromatic carbocycles. The maximum absolute atomic E-state index is 13.6. The molecule has 0 N–H and O–H groups in total. The third-order valence-corrected chi connectivity index (χ3v) is 7.70. The van der Waals surface area contributed by atoms with Crippen molar-refractivity contribution in [1.29, 1.82) is 0 Å². The Labute approximate surface area is 229 Å². The van der Waals surface area contributed by atoms with Gasteiger partial charge in [0.15, 0.2) is 0 Å². The lowest BCUT2D eigenvalue weighted by atomic mass is 9.99. The second-order valence-corrected chi connectivity index (χ2v) is 10.2. The molecule has 3 aliphatic heterocycles. The number of hydrogen-bond acceptors (Lipinski definition) is 8. The topological polar surface area (TPSA) is 94.6 Å². The Hall–Kier alpha value is -3.21. The highest BCUT2D eigenvalue weighted by Gasteiger charge is 2.64. The summed E-state index contributed by atoms with van der Waals surface area (Å²) in [4.78, 5) is 42.7. The average Bonchev–Trinajstić information content (AvgIpc) is 3.11. The Balaban J connectivity index is 1.54. The lowest BCUT2D eigenvalue weighted by molar-refractivity contribution is -0.284. The zero-order chi connectivity index (χ0) is 26.5. The van der Waals surface area contributed by atoms with Crippen LogP contribution in [0.3, 0.4) is 0 Å². The fourth-order valence-corrected chi connectivity index (χ4v) is 5.55. The number of ether oxygens (including phenoxy) is 4. The van der Waals surface area contributed by atoms with Gasteiger partial charge in [-0.2, -0.15) is 0 Å². The number of rotatable bonds is 7. The summed E-state index contributed by atoms with van der Waals surface area (Å²) in [6, 6.07) is 16.3. The van der Waals surface area contributed by atoms with Gasteiger partial charge in [-0.25, -0.2) is 19.3 Å². The van der Waals surface area contributed by atoms with Gasteiger partial charge in [0.2, 0.25) is 6.10 Å². The third-order valence-electron chi connectivity index (χ3n) is 6.92. The Kier molecular flexibility index (Phi) is 8.11. The van der Waals surface area contributed by atoms with Crippen LogP contribution in [0, 0.1) is 0 Å². The van der Waals surface area contributed by atoms with Crippen molar-refractivity contribution in [3.8, 4) is 0 Å². The number of carbonyl (C=O) groups is 3. The number of carbonyl (C=O) groups excluding carboxylic acids is 3. The SMILES string of the molecule is O=C1C=CC(=O)OC2(O1)C(Cc1ccccc1Br)OC(=O)N2C(CCN1CCCOCC1)c1ccccc1. The van der Waals surface area contributed by atoms with Crippen molar-refractivity contribution in [1.82, 2.24) is 9.80 Å². The van der Waals surface area contributed by atoms with Crippen molar-refractivity contribution in [3.63, 3.8) is 0 Å². The van der Waals surface area contributed by atoms with Crippen LogP contribution in [-0.2, 0) is 35.0 Å². The number of amides is 1. The summed E-state index contributed by atoms with van der Waals surface area (Å²) in [5.74, 6) is -3.69. The van der Waals surface area contributed by atoms with E-state index in [0.29, 0.717) is 19.6 Å². The lowest BCUT2D eigenvalue weighted by Gasteiger charge is -2.40. The fourth-order valence-electron chi connectivity index (χ4n) is 5.10. The summed E-state index contributed by atoms with van der Waals surface area (Å²) in [6.45, 7) is 3.65. The minimum absolute atomic E-state index is 0.148. The summed E-state index contributed by atoms with van der Waals surface area (Å²) in [7, 11) is 0.